The number of halogens is 2. The molecular weight excluding hydrogens is 241 g/mol. The molecule has 0 saturated carbocycles. The molecule has 0 unspecified atom stereocenters. The maximum atomic E-state index is 13.2. The predicted octanol–water partition coefficient (Wildman–Crippen LogP) is 3.74. The highest BCUT2D eigenvalue weighted by Crippen LogP contribution is 2.33. The summed E-state index contributed by atoms with van der Waals surface area (Å²) in [6.07, 6.45) is 0. The SMILES string of the molecule is COc1ccc(F)cc1-c1ccc(N)c(Cl)c1. The third kappa shape index (κ3) is 2.34. The van der Waals surface area contributed by atoms with Gasteiger partial charge in [0.2, 0.25) is 0 Å². The third-order valence-corrected chi connectivity index (χ3v) is 2.80. The smallest absolute Gasteiger partial charge is 0.126 e. The lowest BCUT2D eigenvalue weighted by Gasteiger charge is -2.09. The van der Waals surface area contributed by atoms with Crippen LogP contribution in [-0.4, -0.2) is 7.11 Å². The van der Waals surface area contributed by atoms with E-state index < -0.39 is 0 Å². The summed E-state index contributed by atoms with van der Waals surface area (Å²) in [5.41, 5.74) is 7.53. The van der Waals surface area contributed by atoms with E-state index in [2.05, 4.69) is 0 Å². The van der Waals surface area contributed by atoms with Crippen molar-refractivity contribution in [3.8, 4) is 16.9 Å². The Morgan fingerprint density at radius 1 is 1.18 bits per heavy atom. The molecule has 0 aliphatic heterocycles. The van der Waals surface area contributed by atoms with Crippen LogP contribution in [0, 0.1) is 5.82 Å². The van der Waals surface area contributed by atoms with Gasteiger partial charge in [0.25, 0.3) is 0 Å². The monoisotopic (exact) mass is 251 g/mol. The maximum absolute atomic E-state index is 13.2. The molecule has 2 aromatic rings. The molecule has 0 atom stereocenters. The molecule has 88 valence electrons. The second-order valence-electron chi connectivity index (χ2n) is 3.58. The van der Waals surface area contributed by atoms with Crippen LogP contribution in [0.15, 0.2) is 36.4 Å². The van der Waals surface area contributed by atoms with Gasteiger partial charge < -0.3 is 10.5 Å². The van der Waals surface area contributed by atoms with Crippen LogP contribution in [0.25, 0.3) is 11.1 Å². The summed E-state index contributed by atoms with van der Waals surface area (Å²) in [4.78, 5) is 0. The molecule has 0 heterocycles. The Balaban J connectivity index is 2.58. The van der Waals surface area contributed by atoms with E-state index in [-0.39, 0.29) is 5.82 Å². The van der Waals surface area contributed by atoms with Crippen molar-refractivity contribution in [1.82, 2.24) is 0 Å². The molecule has 4 heteroatoms. The molecule has 0 aromatic heterocycles. The molecule has 2 nitrogen and oxygen atoms in total. The molecule has 2 rings (SSSR count). The van der Waals surface area contributed by atoms with E-state index in [0.29, 0.717) is 22.0 Å². The minimum atomic E-state index is -0.325. The van der Waals surface area contributed by atoms with Crippen LogP contribution in [0.1, 0.15) is 0 Å². The Morgan fingerprint density at radius 3 is 2.59 bits per heavy atom. The lowest BCUT2D eigenvalue weighted by molar-refractivity contribution is 0.415. The lowest BCUT2D eigenvalue weighted by atomic mass is 10.0. The molecule has 17 heavy (non-hydrogen) atoms. The van der Waals surface area contributed by atoms with Crippen LogP contribution in [-0.2, 0) is 0 Å². The highest BCUT2D eigenvalue weighted by Gasteiger charge is 2.08. The van der Waals surface area contributed by atoms with Crippen molar-refractivity contribution in [2.45, 2.75) is 0 Å². The molecule has 0 bridgehead atoms. The summed E-state index contributed by atoms with van der Waals surface area (Å²) in [7, 11) is 1.54. The second-order valence-corrected chi connectivity index (χ2v) is 3.99. The normalized spacial score (nSPS) is 10.3. The van der Waals surface area contributed by atoms with Gasteiger partial charge in [-0.15, -0.1) is 0 Å². The largest absolute Gasteiger partial charge is 0.496 e. The Hall–Kier alpha value is -1.74. The van der Waals surface area contributed by atoms with Crippen LogP contribution < -0.4 is 10.5 Å². The van der Waals surface area contributed by atoms with Crippen molar-refractivity contribution in [3.63, 3.8) is 0 Å². The molecular formula is C13H11ClFNO. The van der Waals surface area contributed by atoms with Gasteiger partial charge in [0.05, 0.1) is 17.8 Å². The summed E-state index contributed by atoms with van der Waals surface area (Å²) in [6, 6.07) is 9.48. The molecule has 0 saturated heterocycles. The number of nitrogens with two attached hydrogens (primary N) is 1. The Morgan fingerprint density at radius 2 is 1.94 bits per heavy atom. The van der Waals surface area contributed by atoms with E-state index in [4.69, 9.17) is 22.1 Å². The molecule has 2 N–H and O–H groups in total. The Kier molecular flexibility index (Phi) is 3.20. The number of anilines is 1. The minimum absolute atomic E-state index is 0.325. The number of hydrogen-bond acceptors (Lipinski definition) is 2. The second kappa shape index (κ2) is 4.63. The first-order chi connectivity index (χ1) is 8.11. The maximum Gasteiger partial charge on any atom is 0.126 e. The van der Waals surface area contributed by atoms with Crippen molar-refractivity contribution in [3.05, 3.63) is 47.2 Å². The molecule has 2 aromatic carbocycles. The van der Waals surface area contributed by atoms with Gasteiger partial charge in [-0.25, -0.2) is 4.39 Å². The van der Waals surface area contributed by atoms with E-state index in [1.54, 1.807) is 24.3 Å². The summed E-state index contributed by atoms with van der Waals surface area (Å²) >= 11 is 5.94. The van der Waals surface area contributed by atoms with E-state index >= 15 is 0 Å². The number of nitrogen functional groups attached to an aromatic ring is 1. The lowest BCUT2D eigenvalue weighted by Crippen LogP contribution is -1.91. The minimum Gasteiger partial charge on any atom is -0.496 e. The average Bonchev–Trinajstić information content (AvgIpc) is 2.32. The van der Waals surface area contributed by atoms with E-state index in [9.17, 15) is 4.39 Å². The third-order valence-electron chi connectivity index (χ3n) is 2.47. The highest BCUT2D eigenvalue weighted by molar-refractivity contribution is 6.33. The Labute approximate surface area is 104 Å². The van der Waals surface area contributed by atoms with Crippen molar-refractivity contribution < 1.29 is 9.13 Å². The number of ether oxygens (including phenoxy) is 1. The first-order valence-corrected chi connectivity index (χ1v) is 5.38. The van der Waals surface area contributed by atoms with Gasteiger partial charge in [-0.3, -0.25) is 0 Å². The van der Waals surface area contributed by atoms with E-state index in [0.717, 1.165) is 5.56 Å². The van der Waals surface area contributed by atoms with Crippen molar-refractivity contribution in [1.29, 1.82) is 0 Å². The van der Waals surface area contributed by atoms with Crippen LogP contribution >= 0.6 is 11.6 Å². The fourth-order valence-corrected chi connectivity index (χ4v) is 1.78. The average molecular weight is 252 g/mol. The number of methoxy groups -OCH3 is 1. The van der Waals surface area contributed by atoms with Gasteiger partial charge in [-0.05, 0) is 35.9 Å². The van der Waals surface area contributed by atoms with Crippen LogP contribution in [0.3, 0.4) is 0 Å². The van der Waals surface area contributed by atoms with Gasteiger partial charge in [0.15, 0.2) is 0 Å². The fraction of sp³-hybridized carbons (Fsp3) is 0.0769. The number of benzene rings is 2. The quantitative estimate of drug-likeness (QED) is 0.826. The molecule has 0 spiro atoms. The highest BCUT2D eigenvalue weighted by atomic mass is 35.5. The number of rotatable bonds is 2. The molecule has 0 fully saturated rings. The van der Waals surface area contributed by atoms with Gasteiger partial charge >= 0.3 is 0 Å². The first-order valence-electron chi connectivity index (χ1n) is 5.01. The van der Waals surface area contributed by atoms with Crippen LogP contribution in [0.4, 0.5) is 10.1 Å². The van der Waals surface area contributed by atoms with Crippen molar-refractivity contribution in [2.24, 2.45) is 0 Å². The molecule has 0 aliphatic rings. The van der Waals surface area contributed by atoms with Gasteiger partial charge in [0, 0.05) is 5.56 Å². The molecule has 0 aliphatic carbocycles. The number of hydrogen-bond donors (Lipinski definition) is 1. The van der Waals surface area contributed by atoms with Crippen LogP contribution in [0.2, 0.25) is 5.02 Å². The van der Waals surface area contributed by atoms with Gasteiger partial charge in [-0.2, -0.15) is 0 Å². The zero-order valence-electron chi connectivity index (χ0n) is 9.21. The van der Waals surface area contributed by atoms with E-state index in [1.807, 2.05) is 0 Å². The predicted molar refractivity (Wildman–Crippen MR) is 67.8 cm³/mol. The van der Waals surface area contributed by atoms with Crippen LogP contribution in [0.5, 0.6) is 5.75 Å². The fourth-order valence-electron chi connectivity index (χ4n) is 1.60. The standard InChI is InChI=1S/C13H11ClFNO/c1-17-13-5-3-9(15)7-10(13)8-2-4-12(16)11(14)6-8/h2-7H,16H2,1H3. The topological polar surface area (TPSA) is 35.2 Å². The summed E-state index contributed by atoms with van der Waals surface area (Å²) in [6.45, 7) is 0. The van der Waals surface area contributed by atoms with Gasteiger partial charge in [0.1, 0.15) is 11.6 Å². The first kappa shape index (κ1) is 11.7. The summed E-state index contributed by atoms with van der Waals surface area (Å²) < 4.78 is 18.4. The summed E-state index contributed by atoms with van der Waals surface area (Å²) in [5.74, 6) is 0.265. The van der Waals surface area contributed by atoms with Gasteiger partial charge in [-0.1, -0.05) is 17.7 Å². The van der Waals surface area contributed by atoms with Crippen molar-refractivity contribution >= 4 is 17.3 Å². The molecule has 0 radical (unpaired) electrons. The van der Waals surface area contributed by atoms with Crippen molar-refractivity contribution in [2.75, 3.05) is 12.8 Å². The zero-order valence-corrected chi connectivity index (χ0v) is 9.96. The molecule has 0 amide bonds. The summed E-state index contributed by atoms with van der Waals surface area (Å²) in [5, 5.41) is 0.439. The van der Waals surface area contributed by atoms with E-state index in [1.165, 1.54) is 19.2 Å². The Bertz CT molecular complexity index is 557. The zero-order chi connectivity index (χ0) is 12.4.